The van der Waals surface area contributed by atoms with E-state index in [1.54, 1.807) is 4.57 Å². The molecular weight excluding hydrogens is 196 g/mol. The molecule has 1 aromatic heterocycles. The lowest BCUT2D eigenvalue weighted by Crippen LogP contribution is -2.30. The molecule has 15 heavy (non-hydrogen) atoms. The first kappa shape index (κ1) is 10.2. The summed E-state index contributed by atoms with van der Waals surface area (Å²) in [6, 6.07) is 1.47. The fourth-order valence-electron chi connectivity index (χ4n) is 2.18. The highest BCUT2D eigenvalue weighted by molar-refractivity contribution is 4.89. The molecule has 1 aromatic rings. The van der Waals surface area contributed by atoms with Gasteiger partial charge in [0.05, 0.1) is 0 Å². The minimum Gasteiger partial charge on any atom is -0.396 e. The van der Waals surface area contributed by atoms with E-state index in [0.717, 1.165) is 19.3 Å². The van der Waals surface area contributed by atoms with Crippen LogP contribution < -0.4 is 11.2 Å². The molecular formula is C10H14N2O3. The van der Waals surface area contributed by atoms with Crippen LogP contribution in [-0.4, -0.2) is 21.3 Å². The Kier molecular flexibility index (Phi) is 2.73. The number of aliphatic hydroxyl groups is 1. The van der Waals surface area contributed by atoms with Crippen molar-refractivity contribution in [3.8, 4) is 0 Å². The third-order valence-electron chi connectivity index (χ3n) is 3.02. The molecule has 0 bridgehead atoms. The molecule has 5 heteroatoms. The maximum atomic E-state index is 11.5. The minimum atomic E-state index is -0.368. The topological polar surface area (TPSA) is 75.1 Å². The highest BCUT2D eigenvalue weighted by atomic mass is 16.3. The van der Waals surface area contributed by atoms with Crippen LogP contribution in [0.25, 0.3) is 0 Å². The van der Waals surface area contributed by atoms with Gasteiger partial charge in [0.25, 0.3) is 5.56 Å². The quantitative estimate of drug-likeness (QED) is 0.714. The number of aromatic nitrogens is 2. The number of hydrogen-bond donors (Lipinski definition) is 2. The van der Waals surface area contributed by atoms with E-state index in [1.807, 2.05) is 0 Å². The molecule has 1 aliphatic carbocycles. The maximum absolute atomic E-state index is 11.5. The molecule has 1 saturated carbocycles. The standard InChI is InChI=1S/C10H14N2O3/c13-6-7-1-2-8(5-7)12-4-3-9(14)11-10(12)15/h3-4,7-8,13H,1-2,5-6H2,(H,11,14,15)/t7-,8+/m1/s1. The van der Waals surface area contributed by atoms with E-state index in [1.165, 1.54) is 12.3 Å². The first-order chi connectivity index (χ1) is 7.20. The van der Waals surface area contributed by atoms with Gasteiger partial charge in [-0.2, -0.15) is 0 Å². The van der Waals surface area contributed by atoms with Crippen LogP contribution in [0.2, 0.25) is 0 Å². The molecule has 1 heterocycles. The second-order valence-corrected chi connectivity index (χ2v) is 4.03. The van der Waals surface area contributed by atoms with Gasteiger partial charge in [-0.25, -0.2) is 4.79 Å². The molecule has 2 rings (SSSR count). The Labute approximate surface area is 86.4 Å². The zero-order valence-electron chi connectivity index (χ0n) is 8.35. The third kappa shape index (κ3) is 2.02. The van der Waals surface area contributed by atoms with Crippen molar-refractivity contribution in [2.45, 2.75) is 25.3 Å². The summed E-state index contributed by atoms with van der Waals surface area (Å²) in [4.78, 5) is 24.6. The molecule has 82 valence electrons. The average Bonchev–Trinajstić information content (AvgIpc) is 2.66. The van der Waals surface area contributed by atoms with Crippen LogP contribution in [0.3, 0.4) is 0 Å². The van der Waals surface area contributed by atoms with Crippen molar-refractivity contribution >= 4 is 0 Å². The summed E-state index contributed by atoms with van der Waals surface area (Å²) in [7, 11) is 0. The lowest BCUT2D eigenvalue weighted by atomic mass is 10.1. The summed E-state index contributed by atoms with van der Waals surface area (Å²) in [6.45, 7) is 0.175. The van der Waals surface area contributed by atoms with E-state index >= 15 is 0 Å². The smallest absolute Gasteiger partial charge is 0.328 e. The summed E-state index contributed by atoms with van der Waals surface area (Å²) in [6.07, 6.45) is 4.16. The molecule has 0 unspecified atom stereocenters. The van der Waals surface area contributed by atoms with Gasteiger partial charge < -0.3 is 5.11 Å². The van der Waals surface area contributed by atoms with Gasteiger partial charge in [0.2, 0.25) is 0 Å². The fraction of sp³-hybridized carbons (Fsp3) is 0.600. The Morgan fingerprint density at radius 1 is 1.47 bits per heavy atom. The SMILES string of the molecule is O=c1ccn([C@H]2CC[C@@H](CO)C2)c(=O)[nH]1. The molecule has 0 spiro atoms. The molecule has 2 atom stereocenters. The van der Waals surface area contributed by atoms with Crippen LogP contribution >= 0.6 is 0 Å². The van der Waals surface area contributed by atoms with Gasteiger partial charge in [-0.05, 0) is 25.2 Å². The van der Waals surface area contributed by atoms with Crippen molar-refractivity contribution in [2.75, 3.05) is 6.61 Å². The molecule has 1 aliphatic rings. The molecule has 0 aromatic carbocycles. The van der Waals surface area contributed by atoms with Crippen molar-refractivity contribution in [2.24, 2.45) is 5.92 Å². The van der Waals surface area contributed by atoms with Crippen molar-refractivity contribution in [3.05, 3.63) is 33.1 Å². The van der Waals surface area contributed by atoms with E-state index in [0.29, 0.717) is 0 Å². The third-order valence-corrected chi connectivity index (χ3v) is 3.02. The second kappa shape index (κ2) is 4.02. The van der Waals surface area contributed by atoms with E-state index in [-0.39, 0.29) is 29.8 Å². The normalized spacial score (nSPS) is 25.7. The fourth-order valence-corrected chi connectivity index (χ4v) is 2.18. The molecule has 0 aliphatic heterocycles. The number of nitrogens with one attached hydrogen (secondary N) is 1. The van der Waals surface area contributed by atoms with Crippen molar-refractivity contribution in [3.63, 3.8) is 0 Å². The highest BCUT2D eigenvalue weighted by Gasteiger charge is 2.25. The Morgan fingerprint density at radius 2 is 2.27 bits per heavy atom. The van der Waals surface area contributed by atoms with E-state index in [2.05, 4.69) is 4.98 Å². The first-order valence-corrected chi connectivity index (χ1v) is 5.13. The summed E-state index contributed by atoms with van der Waals surface area (Å²) in [5.41, 5.74) is -0.723. The number of H-pyrrole nitrogens is 1. The van der Waals surface area contributed by atoms with Crippen LogP contribution in [0.15, 0.2) is 21.9 Å². The van der Waals surface area contributed by atoms with Gasteiger partial charge in [0, 0.05) is 24.9 Å². The van der Waals surface area contributed by atoms with Gasteiger partial charge >= 0.3 is 5.69 Å². The van der Waals surface area contributed by atoms with Crippen molar-refractivity contribution in [1.29, 1.82) is 0 Å². The Morgan fingerprint density at radius 3 is 2.87 bits per heavy atom. The monoisotopic (exact) mass is 210 g/mol. The maximum Gasteiger partial charge on any atom is 0.328 e. The number of aromatic amines is 1. The van der Waals surface area contributed by atoms with Gasteiger partial charge in [-0.15, -0.1) is 0 Å². The molecule has 1 fully saturated rings. The van der Waals surface area contributed by atoms with Crippen LogP contribution in [0, 0.1) is 5.92 Å². The van der Waals surface area contributed by atoms with Crippen LogP contribution in [-0.2, 0) is 0 Å². The van der Waals surface area contributed by atoms with Gasteiger partial charge in [-0.3, -0.25) is 14.3 Å². The lowest BCUT2D eigenvalue weighted by Gasteiger charge is -2.12. The van der Waals surface area contributed by atoms with E-state index in [4.69, 9.17) is 5.11 Å². The Bertz CT molecular complexity index is 448. The van der Waals surface area contributed by atoms with Gasteiger partial charge in [0.1, 0.15) is 0 Å². The first-order valence-electron chi connectivity index (χ1n) is 5.13. The zero-order chi connectivity index (χ0) is 10.8. The second-order valence-electron chi connectivity index (χ2n) is 4.03. The van der Waals surface area contributed by atoms with Crippen molar-refractivity contribution in [1.82, 2.24) is 9.55 Å². The van der Waals surface area contributed by atoms with Gasteiger partial charge in [-0.1, -0.05) is 0 Å². The summed E-state index contributed by atoms with van der Waals surface area (Å²) in [5.74, 6) is 0.286. The molecule has 0 saturated heterocycles. The predicted octanol–water partition coefficient (Wildman–Crippen LogP) is -0.130. The van der Waals surface area contributed by atoms with Crippen LogP contribution in [0.5, 0.6) is 0 Å². The number of nitrogens with zero attached hydrogens (tertiary/aromatic N) is 1. The van der Waals surface area contributed by atoms with Gasteiger partial charge in [0.15, 0.2) is 0 Å². The number of aliphatic hydroxyl groups excluding tert-OH is 1. The predicted molar refractivity (Wildman–Crippen MR) is 54.8 cm³/mol. The van der Waals surface area contributed by atoms with Crippen LogP contribution in [0.4, 0.5) is 0 Å². The zero-order valence-corrected chi connectivity index (χ0v) is 8.35. The number of rotatable bonds is 2. The minimum absolute atomic E-state index is 0.117. The lowest BCUT2D eigenvalue weighted by molar-refractivity contribution is 0.226. The Balaban J connectivity index is 2.24. The number of hydrogen-bond acceptors (Lipinski definition) is 3. The summed E-state index contributed by atoms with van der Waals surface area (Å²) < 4.78 is 1.55. The van der Waals surface area contributed by atoms with E-state index < -0.39 is 0 Å². The molecule has 5 nitrogen and oxygen atoms in total. The molecule has 0 radical (unpaired) electrons. The molecule has 2 N–H and O–H groups in total. The summed E-state index contributed by atoms with van der Waals surface area (Å²) in [5, 5.41) is 9.00. The Hall–Kier alpha value is -1.36. The molecule has 0 amide bonds. The van der Waals surface area contributed by atoms with Crippen molar-refractivity contribution < 1.29 is 5.11 Å². The summed E-state index contributed by atoms with van der Waals surface area (Å²) >= 11 is 0. The van der Waals surface area contributed by atoms with Crippen LogP contribution in [0.1, 0.15) is 25.3 Å². The highest BCUT2D eigenvalue weighted by Crippen LogP contribution is 2.32. The van der Waals surface area contributed by atoms with E-state index in [9.17, 15) is 9.59 Å². The largest absolute Gasteiger partial charge is 0.396 e. The average molecular weight is 210 g/mol.